The summed E-state index contributed by atoms with van der Waals surface area (Å²) in [6, 6.07) is 13.2. The van der Waals surface area contributed by atoms with Crippen LogP contribution in [-0.2, 0) is 16.0 Å². The van der Waals surface area contributed by atoms with Gasteiger partial charge in [-0.15, -0.1) is 0 Å². The number of rotatable bonds is 5. The number of halogens is 1. The number of hydrogen-bond acceptors (Lipinski definition) is 4. The Hall–Kier alpha value is -2.73. The van der Waals surface area contributed by atoms with Crippen molar-refractivity contribution in [3.8, 4) is 0 Å². The van der Waals surface area contributed by atoms with Gasteiger partial charge in [0.25, 0.3) is 5.91 Å². The number of benzene rings is 2. The highest BCUT2D eigenvalue weighted by Gasteiger charge is 2.31. The van der Waals surface area contributed by atoms with Gasteiger partial charge in [-0.05, 0) is 43.4 Å². The second-order valence-electron chi connectivity index (χ2n) is 6.53. The molecule has 0 fully saturated rings. The maximum absolute atomic E-state index is 13.5. The van der Waals surface area contributed by atoms with Crippen LogP contribution in [-0.4, -0.2) is 43.5 Å². The topological polar surface area (TPSA) is 58.6 Å². The monoisotopic (exact) mass is 356 g/mol. The zero-order valence-electron chi connectivity index (χ0n) is 14.7. The van der Waals surface area contributed by atoms with Gasteiger partial charge in [0.05, 0.1) is 11.6 Å². The van der Waals surface area contributed by atoms with E-state index < -0.39 is 12.1 Å². The number of carbonyl (C=O) groups excluding carboxylic acids is 2. The average molecular weight is 356 g/mol. The predicted octanol–water partition coefficient (Wildman–Crippen LogP) is 2.33. The molecule has 26 heavy (non-hydrogen) atoms. The SMILES string of the molecule is CN(C)C(CNC(=O)C1Cc2ccccc2C(=O)O1)c1cccc(F)c1. The molecule has 6 heteroatoms. The van der Waals surface area contributed by atoms with Crippen molar-refractivity contribution in [2.24, 2.45) is 0 Å². The molecule has 0 saturated heterocycles. The highest BCUT2D eigenvalue weighted by atomic mass is 19.1. The van der Waals surface area contributed by atoms with E-state index in [1.165, 1.54) is 12.1 Å². The van der Waals surface area contributed by atoms with Gasteiger partial charge < -0.3 is 15.0 Å². The lowest BCUT2D eigenvalue weighted by molar-refractivity contribution is -0.130. The van der Waals surface area contributed by atoms with Crippen LogP contribution in [0.25, 0.3) is 0 Å². The minimum atomic E-state index is -0.854. The minimum Gasteiger partial charge on any atom is -0.448 e. The van der Waals surface area contributed by atoms with Crippen molar-refractivity contribution in [2.75, 3.05) is 20.6 Å². The molecule has 1 amide bonds. The van der Waals surface area contributed by atoms with E-state index in [9.17, 15) is 14.0 Å². The summed E-state index contributed by atoms with van der Waals surface area (Å²) in [6.07, 6.45) is -0.506. The number of fused-ring (bicyclic) bond motifs is 1. The van der Waals surface area contributed by atoms with E-state index in [4.69, 9.17) is 4.74 Å². The van der Waals surface area contributed by atoms with Gasteiger partial charge in [-0.3, -0.25) is 4.79 Å². The van der Waals surface area contributed by atoms with E-state index in [2.05, 4.69) is 5.32 Å². The van der Waals surface area contributed by atoms with Gasteiger partial charge in [-0.1, -0.05) is 30.3 Å². The van der Waals surface area contributed by atoms with Crippen molar-refractivity contribution in [1.29, 1.82) is 0 Å². The third-order valence-corrected chi connectivity index (χ3v) is 4.51. The Morgan fingerprint density at radius 3 is 2.77 bits per heavy atom. The molecule has 1 N–H and O–H groups in total. The maximum Gasteiger partial charge on any atom is 0.339 e. The molecule has 0 radical (unpaired) electrons. The Balaban J connectivity index is 1.67. The number of amides is 1. The first-order valence-electron chi connectivity index (χ1n) is 8.44. The predicted molar refractivity (Wildman–Crippen MR) is 95.2 cm³/mol. The molecule has 1 aliphatic heterocycles. The summed E-state index contributed by atoms with van der Waals surface area (Å²) in [7, 11) is 3.72. The molecule has 0 bridgehead atoms. The van der Waals surface area contributed by atoms with Crippen LogP contribution in [0.15, 0.2) is 48.5 Å². The molecule has 1 heterocycles. The molecular formula is C20H21FN2O3. The first kappa shape index (κ1) is 18.1. The molecule has 0 aromatic heterocycles. The fourth-order valence-electron chi connectivity index (χ4n) is 3.10. The van der Waals surface area contributed by atoms with Gasteiger partial charge in [0, 0.05) is 13.0 Å². The summed E-state index contributed by atoms with van der Waals surface area (Å²) in [4.78, 5) is 26.5. The Bertz CT molecular complexity index is 822. The van der Waals surface area contributed by atoms with Crippen molar-refractivity contribution in [3.63, 3.8) is 0 Å². The summed E-state index contributed by atoms with van der Waals surface area (Å²) >= 11 is 0. The van der Waals surface area contributed by atoms with E-state index in [0.29, 0.717) is 12.0 Å². The number of cyclic esters (lactones) is 1. The minimum absolute atomic E-state index is 0.193. The van der Waals surface area contributed by atoms with Crippen LogP contribution in [0.5, 0.6) is 0 Å². The number of nitrogens with one attached hydrogen (secondary N) is 1. The molecule has 2 aromatic carbocycles. The van der Waals surface area contributed by atoms with Gasteiger partial charge >= 0.3 is 5.97 Å². The molecule has 3 rings (SSSR count). The second kappa shape index (κ2) is 7.66. The van der Waals surface area contributed by atoms with Crippen LogP contribution in [0.3, 0.4) is 0 Å². The van der Waals surface area contributed by atoms with E-state index in [1.807, 2.05) is 37.2 Å². The molecule has 0 saturated carbocycles. The molecule has 2 aromatic rings. The highest BCUT2D eigenvalue weighted by Crippen LogP contribution is 2.21. The molecule has 0 spiro atoms. The smallest absolute Gasteiger partial charge is 0.339 e. The molecule has 5 nitrogen and oxygen atoms in total. The maximum atomic E-state index is 13.5. The lowest BCUT2D eigenvalue weighted by Gasteiger charge is -2.27. The fourth-order valence-corrected chi connectivity index (χ4v) is 3.10. The van der Waals surface area contributed by atoms with Gasteiger partial charge in [-0.2, -0.15) is 0 Å². The number of nitrogens with zero attached hydrogens (tertiary/aromatic N) is 1. The lowest BCUT2D eigenvalue weighted by Crippen LogP contribution is -2.44. The first-order valence-corrected chi connectivity index (χ1v) is 8.44. The summed E-state index contributed by atoms with van der Waals surface area (Å²) < 4.78 is 18.8. The molecule has 2 atom stereocenters. The van der Waals surface area contributed by atoms with Gasteiger partial charge in [-0.25, -0.2) is 9.18 Å². The van der Waals surface area contributed by atoms with Gasteiger partial charge in [0.1, 0.15) is 5.82 Å². The van der Waals surface area contributed by atoms with Crippen LogP contribution in [0.1, 0.15) is 27.5 Å². The van der Waals surface area contributed by atoms with E-state index in [1.54, 1.807) is 18.2 Å². The third-order valence-electron chi connectivity index (χ3n) is 4.51. The zero-order valence-corrected chi connectivity index (χ0v) is 14.7. The molecule has 1 aliphatic rings. The first-order chi connectivity index (χ1) is 12.5. The third kappa shape index (κ3) is 3.91. The van der Waals surface area contributed by atoms with Crippen LogP contribution in [0.2, 0.25) is 0 Å². The Kier molecular flexibility index (Phi) is 5.32. The van der Waals surface area contributed by atoms with Crippen LogP contribution in [0, 0.1) is 5.82 Å². The lowest BCUT2D eigenvalue weighted by atomic mass is 9.98. The fraction of sp³-hybridized carbons (Fsp3) is 0.300. The molecule has 0 aliphatic carbocycles. The van der Waals surface area contributed by atoms with Crippen molar-refractivity contribution in [2.45, 2.75) is 18.6 Å². The largest absolute Gasteiger partial charge is 0.448 e. The van der Waals surface area contributed by atoms with Crippen molar-refractivity contribution in [1.82, 2.24) is 10.2 Å². The van der Waals surface area contributed by atoms with Crippen molar-refractivity contribution < 1.29 is 18.7 Å². The van der Waals surface area contributed by atoms with Gasteiger partial charge in [0.2, 0.25) is 0 Å². The molecule has 2 unspecified atom stereocenters. The van der Waals surface area contributed by atoms with Crippen LogP contribution in [0.4, 0.5) is 4.39 Å². The summed E-state index contributed by atoms with van der Waals surface area (Å²) in [6.45, 7) is 0.283. The van der Waals surface area contributed by atoms with Crippen LogP contribution >= 0.6 is 0 Å². The van der Waals surface area contributed by atoms with Crippen molar-refractivity contribution in [3.05, 3.63) is 71.0 Å². The summed E-state index contributed by atoms with van der Waals surface area (Å²) in [5.41, 5.74) is 2.07. The number of ether oxygens (including phenoxy) is 1. The Labute approximate surface area is 151 Å². The quantitative estimate of drug-likeness (QED) is 0.836. The molecular weight excluding hydrogens is 335 g/mol. The van der Waals surface area contributed by atoms with Crippen LogP contribution < -0.4 is 5.32 Å². The number of carbonyl (C=O) groups is 2. The number of likely N-dealkylation sites (N-methyl/N-ethyl adjacent to an activating group) is 1. The van der Waals surface area contributed by atoms with E-state index >= 15 is 0 Å². The number of esters is 1. The van der Waals surface area contributed by atoms with Crippen molar-refractivity contribution >= 4 is 11.9 Å². The Morgan fingerprint density at radius 2 is 2.04 bits per heavy atom. The number of hydrogen-bond donors (Lipinski definition) is 1. The van der Waals surface area contributed by atoms with Gasteiger partial charge in [0.15, 0.2) is 6.10 Å². The highest BCUT2D eigenvalue weighted by molar-refractivity contribution is 5.95. The van der Waals surface area contributed by atoms with E-state index in [-0.39, 0.29) is 24.3 Å². The zero-order chi connectivity index (χ0) is 18.7. The van der Waals surface area contributed by atoms with E-state index in [0.717, 1.165) is 11.1 Å². The molecule has 136 valence electrons. The summed E-state index contributed by atoms with van der Waals surface area (Å²) in [5.74, 6) is -1.16. The second-order valence-corrected chi connectivity index (χ2v) is 6.53. The normalized spacial score (nSPS) is 17.4. The Morgan fingerprint density at radius 1 is 1.27 bits per heavy atom. The standard InChI is InChI=1S/C20H21FN2O3/c1-23(2)17(14-7-5-8-15(21)10-14)12-22-19(24)18-11-13-6-3-4-9-16(13)20(25)26-18/h3-10,17-18H,11-12H2,1-2H3,(H,22,24). The summed E-state index contributed by atoms with van der Waals surface area (Å²) in [5, 5.41) is 2.82. The average Bonchev–Trinajstić information content (AvgIpc) is 2.61.